The first kappa shape index (κ1) is 37.1. The quantitative estimate of drug-likeness (QED) is 0.0679. The molecule has 2 aliphatic carbocycles. The zero-order valence-electron chi connectivity index (χ0n) is 29.5. The summed E-state index contributed by atoms with van der Waals surface area (Å²) in [7, 11) is -3.88. The van der Waals surface area contributed by atoms with E-state index in [9.17, 15) is 4.79 Å². The fourth-order valence-electron chi connectivity index (χ4n) is 5.86. The molecule has 0 aromatic rings. The van der Waals surface area contributed by atoms with Gasteiger partial charge in [0.25, 0.3) is 0 Å². The molecule has 0 amide bonds. The van der Waals surface area contributed by atoms with Gasteiger partial charge in [0.1, 0.15) is 0 Å². The molecule has 0 aromatic heterocycles. The van der Waals surface area contributed by atoms with Crippen LogP contribution in [0.15, 0.2) is 23.8 Å². The molecular weight excluding hydrogens is 553 g/mol. The van der Waals surface area contributed by atoms with Crippen LogP contribution in [0.4, 0.5) is 0 Å². The van der Waals surface area contributed by atoms with Crippen LogP contribution in [-0.4, -0.2) is 41.4 Å². The lowest BCUT2D eigenvalue weighted by Crippen LogP contribution is -2.45. The Labute approximate surface area is 262 Å². The minimum absolute atomic E-state index is 0.0543. The molecule has 6 atom stereocenters. The SMILES string of the molecule is CC#CCC(C)[C@@H](/C=C\[C@H]1[C@H]2C/C(=C/CCCC(=O)OCC)C[C@H]2C[C@H]1O[Si](C)(C)C(C)(C)C)O[Si](C)(C)C(C)(C)C. The molecule has 0 spiro atoms. The van der Waals surface area contributed by atoms with Crippen LogP contribution < -0.4 is 0 Å². The highest BCUT2D eigenvalue weighted by molar-refractivity contribution is 6.74. The maximum Gasteiger partial charge on any atom is 0.305 e. The third-order valence-electron chi connectivity index (χ3n) is 10.6. The Balaban J connectivity index is 2.32. The lowest BCUT2D eigenvalue weighted by molar-refractivity contribution is -0.143. The van der Waals surface area contributed by atoms with Crippen LogP contribution in [0.25, 0.3) is 0 Å². The highest BCUT2D eigenvalue weighted by Crippen LogP contribution is 2.53. The van der Waals surface area contributed by atoms with Crippen molar-refractivity contribution in [2.75, 3.05) is 6.61 Å². The fourth-order valence-corrected chi connectivity index (χ4v) is 8.57. The van der Waals surface area contributed by atoms with Gasteiger partial charge in [-0.15, -0.1) is 11.8 Å². The Morgan fingerprint density at radius 2 is 1.69 bits per heavy atom. The Morgan fingerprint density at radius 1 is 1.05 bits per heavy atom. The van der Waals surface area contributed by atoms with Crippen LogP contribution in [0.3, 0.4) is 0 Å². The molecule has 6 heteroatoms. The summed E-state index contributed by atoms with van der Waals surface area (Å²) in [6, 6.07) is 0. The average Bonchev–Trinajstić information content (AvgIpc) is 3.38. The van der Waals surface area contributed by atoms with Crippen molar-refractivity contribution in [1.82, 2.24) is 0 Å². The van der Waals surface area contributed by atoms with E-state index in [1.165, 1.54) is 0 Å². The number of hydrogen-bond acceptors (Lipinski definition) is 4. The summed E-state index contributed by atoms with van der Waals surface area (Å²) in [4.78, 5) is 11.8. The van der Waals surface area contributed by atoms with Crippen molar-refractivity contribution in [3.8, 4) is 11.8 Å². The highest BCUT2D eigenvalue weighted by atomic mass is 28.4. The van der Waals surface area contributed by atoms with E-state index in [-0.39, 0.29) is 28.3 Å². The minimum atomic E-state index is -1.96. The van der Waals surface area contributed by atoms with Gasteiger partial charge in [0.05, 0.1) is 18.8 Å². The summed E-state index contributed by atoms with van der Waals surface area (Å²) in [6.45, 7) is 30.0. The smallest absolute Gasteiger partial charge is 0.305 e. The molecule has 0 heterocycles. The van der Waals surface area contributed by atoms with Gasteiger partial charge < -0.3 is 13.6 Å². The summed E-state index contributed by atoms with van der Waals surface area (Å²) >= 11 is 0. The van der Waals surface area contributed by atoms with Crippen molar-refractivity contribution >= 4 is 22.6 Å². The summed E-state index contributed by atoms with van der Waals surface area (Å²) < 4.78 is 19.3. The van der Waals surface area contributed by atoms with Gasteiger partial charge in [-0.05, 0) is 100.0 Å². The summed E-state index contributed by atoms with van der Waals surface area (Å²) in [6.07, 6.45) is 14.2. The van der Waals surface area contributed by atoms with Crippen LogP contribution in [0.2, 0.25) is 36.3 Å². The summed E-state index contributed by atoms with van der Waals surface area (Å²) in [5.74, 6) is 8.32. The lowest BCUT2D eigenvalue weighted by Gasteiger charge is -2.41. The molecule has 2 aliphatic rings. The number of carbonyl (C=O) groups excluding carboxylic acids is 1. The van der Waals surface area contributed by atoms with Gasteiger partial charge in [0.2, 0.25) is 0 Å². The standard InChI is InChI=1S/C36H64O4Si2/c1-14-16-19-27(3)32(39-41(10,11)35(4,5)6)23-22-30-31-25-28(20-17-18-21-34(37)38-15-2)24-29(31)26-33(30)40-42(12,13)36(7,8)9/h20,22-23,27,29-33H,15,17-19,21,24-26H2,1-13H3/b23-22-,28-20+/t27?,29-,30-,31-,32+,33+/m0/s1. The van der Waals surface area contributed by atoms with Gasteiger partial charge in [-0.2, -0.15) is 0 Å². The Kier molecular flexibility index (Phi) is 13.4. The fraction of sp³-hybridized carbons (Fsp3) is 0.806. The maximum atomic E-state index is 11.8. The molecule has 2 saturated carbocycles. The van der Waals surface area contributed by atoms with Crippen molar-refractivity contribution in [3.63, 3.8) is 0 Å². The first-order valence-corrected chi connectivity index (χ1v) is 22.4. The zero-order chi connectivity index (χ0) is 31.9. The number of allylic oxidation sites excluding steroid dienone is 2. The largest absolute Gasteiger partial charge is 0.466 e. The van der Waals surface area contributed by atoms with E-state index in [1.807, 2.05) is 13.8 Å². The number of carbonyl (C=O) groups is 1. The van der Waals surface area contributed by atoms with Crippen molar-refractivity contribution in [1.29, 1.82) is 0 Å². The number of rotatable bonds is 13. The number of ether oxygens (including phenoxy) is 1. The molecule has 0 radical (unpaired) electrons. The topological polar surface area (TPSA) is 44.8 Å². The van der Waals surface area contributed by atoms with Gasteiger partial charge in [0.15, 0.2) is 16.6 Å². The van der Waals surface area contributed by atoms with Crippen molar-refractivity contribution in [3.05, 3.63) is 23.8 Å². The molecule has 0 aliphatic heterocycles. The average molecular weight is 617 g/mol. The monoisotopic (exact) mass is 616 g/mol. The molecule has 240 valence electrons. The van der Waals surface area contributed by atoms with Gasteiger partial charge in [0, 0.05) is 18.8 Å². The molecule has 0 aromatic carbocycles. The van der Waals surface area contributed by atoms with E-state index >= 15 is 0 Å². The number of unbranched alkanes of at least 4 members (excludes halogenated alkanes) is 1. The molecule has 2 fully saturated rings. The minimum Gasteiger partial charge on any atom is -0.466 e. The molecule has 0 bridgehead atoms. The molecule has 0 N–H and O–H groups in total. The number of esters is 1. The van der Waals surface area contributed by atoms with Crippen LogP contribution in [0.5, 0.6) is 0 Å². The molecule has 1 unspecified atom stereocenters. The Hall–Kier alpha value is -1.14. The van der Waals surface area contributed by atoms with Crippen molar-refractivity contribution in [2.24, 2.45) is 23.7 Å². The third kappa shape index (κ3) is 10.2. The second-order valence-corrected chi connectivity index (χ2v) is 25.5. The van der Waals surface area contributed by atoms with Gasteiger partial charge in [-0.3, -0.25) is 4.79 Å². The lowest BCUT2D eigenvalue weighted by atomic mass is 9.89. The first-order valence-electron chi connectivity index (χ1n) is 16.6. The van der Waals surface area contributed by atoms with E-state index in [2.05, 4.69) is 105 Å². The number of hydrogen-bond donors (Lipinski definition) is 0. The molecule has 2 rings (SSSR count). The highest BCUT2D eigenvalue weighted by Gasteiger charge is 2.50. The summed E-state index contributed by atoms with van der Waals surface area (Å²) in [5, 5.41) is 0.338. The van der Waals surface area contributed by atoms with E-state index in [1.54, 1.807) is 5.57 Å². The zero-order valence-corrected chi connectivity index (χ0v) is 31.5. The van der Waals surface area contributed by atoms with Gasteiger partial charge >= 0.3 is 5.97 Å². The normalized spacial score (nSPS) is 25.8. The predicted octanol–water partition coefficient (Wildman–Crippen LogP) is 10.1. The van der Waals surface area contributed by atoms with Crippen LogP contribution in [0, 0.1) is 35.5 Å². The van der Waals surface area contributed by atoms with Gasteiger partial charge in [-0.25, -0.2) is 0 Å². The molecule has 0 saturated heterocycles. The van der Waals surface area contributed by atoms with E-state index in [0.717, 1.165) is 38.5 Å². The second kappa shape index (κ2) is 15.2. The molecule has 42 heavy (non-hydrogen) atoms. The van der Waals surface area contributed by atoms with E-state index < -0.39 is 16.6 Å². The predicted molar refractivity (Wildman–Crippen MR) is 183 cm³/mol. The summed E-state index contributed by atoms with van der Waals surface area (Å²) in [5.41, 5.74) is 1.57. The van der Waals surface area contributed by atoms with Crippen molar-refractivity contribution < 1.29 is 18.4 Å². The first-order chi connectivity index (χ1) is 19.3. The second-order valence-electron chi connectivity index (χ2n) is 16.0. The Morgan fingerprint density at radius 3 is 2.26 bits per heavy atom. The van der Waals surface area contributed by atoms with E-state index in [4.69, 9.17) is 13.6 Å². The number of fused-ring (bicyclic) bond motifs is 1. The van der Waals surface area contributed by atoms with Crippen LogP contribution >= 0.6 is 0 Å². The Bertz CT molecular complexity index is 1000. The van der Waals surface area contributed by atoms with E-state index in [0.29, 0.717) is 36.7 Å². The maximum absolute atomic E-state index is 11.8. The third-order valence-corrected chi connectivity index (χ3v) is 19.6. The molecule has 4 nitrogen and oxygen atoms in total. The van der Waals surface area contributed by atoms with Crippen molar-refractivity contribution in [2.45, 2.75) is 156 Å². The van der Waals surface area contributed by atoms with Crippen LogP contribution in [-0.2, 0) is 18.4 Å². The van der Waals surface area contributed by atoms with Crippen LogP contribution in [0.1, 0.15) is 107 Å². The van der Waals surface area contributed by atoms with Gasteiger partial charge in [-0.1, -0.05) is 72.3 Å². The molecular formula is C36H64O4Si2.